The van der Waals surface area contributed by atoms with Crippen molar-refractivity contribution in [2.75, 3.05) is 19.4 Å². The van der Waals surface area contributed by atoms with Gasteiger partial charge in [0.2, 0.25) is 0 Å². The fourth-order valence-electron chi connectivity index (χ4n) is 5.55. The lowest BCUT2D eigenvalue weighted by Gasteiger charge is -2.19. The number of rotatable bonds is 35. The number of hydrogen-bond donors (Lipinski definition) is 0. The predicted molar refractivity (Wildman–Crippen MR) is 180 cm³/mol. The minimum absolute atomic E-state index is 0.599. The summed E-state index contributed by atoms with van der Waals surface area (Å²) >= 11 is 0. The largest absolute Gasteiger partial charge is 0.330 e. The van der Waals surface area contributed by atoms with Gasteiger partial charge in [-0.25, -0.2) is 0 Å². The summed E-state index contributed by atoms with van der Waals surface area (Å²) in [6.07, 6.45) is 39.7. The normalized spacial score (nSPS) is 12.0. The topological polar surface area (TPSA) is 35.5 Å². The summed E-state index contributed by atoms with van der Waals surface area (Å²) in [6, 6.07) is 0. The Labute approximate surface area is 253 Å². The Balaban J connectivity index is 4.01. The summed E-state index contributed by atoms with van der Waals surface area (Å²) in [5.74, 6) is 0. The van der Waals surface area contributed by atoms with Gasteiger partial charge in [-0.1, -0.05) is 194 Å². The second-order valence-electron chi connectivity index (χ2n) is 12.5. The third-order valence-corrected chi connectivity index (χ3v) is 10.4. The van der Waals surface area contributed by atoms with Crippen LogP contribution in [0.1, 0.15) is 213 Å². The summed E-state index contributed by atoms with van der Waals surface area (Å²) in [4.78, 5) is 0. The van der Waals surface area contributed by atoms with E-state index in [2.05, 4.69) is 20.8 Å². The average Bonchev–Trinajstić information content (AvgIpc) is 2.95. The first kappa shape index (κ1) is 40.1. The Bertz CT molecular complexity index is 484. The molecule has 0 aromatic heterocycles. The molecule has 0 atom stereocenters. The van der Waals surface area contributed by atoms with Crippen molar-refractivity contribution >= 4 is 7.60 Å². The van der Waals surface area contributed by atoms with Crippen molar-refractivity contribution in [1.29, 1.82) is 0 Å². The lowest BCUT2D eigenvalue weighted by molar-refractivity contribution is 0.197. The Morgan fingerprint density at radius 1 is 0.325 bits per heavy atom. The number of unbranched alkanes of at least 4 members (excludes halogenated alkanes) is 27. The van der Waals surface area contributed by atoms with E-state index in [9.17, 15) is 4.57 Å². The maximum atomic E-state index is 13.5. The van der Waals surface area contributed by atoms with Crippen LogP contribution < -0.4 is 0 Å². The molecule has 0 aliphatic carbocycles. The maximum absolute atomic E-state index is 13.5. The van der Waals surface area contributed by atoms with Crippen LogP contribution in [0.5, 0.6) is 0 Å². The van der Waals surface area contributed by atoms with Crippen molar-refractivity contribution in [3.63, 3.8) is 0 Å². The molecule has 0 radical (unpaired) electrons. The molecule has 0 spiro atoms. The fourth-order valence-corrected chi connectivity index (χ4v) is 7.30. The first-order valence-corrected chi connectivity index (χ1v) is 20.3. The van der Waals surface area contributed by atoms with E-state index < -0.39 is 7.60 Å². The zero-order chi connectivity index (χ0) is 29.2. The molecule has 0 saturated carbocycles. The van der Waals surface area contributed by atoms with Crippen molar-refractivity contribution in [3.05, 3.63) is 0 Å². The van der Waals surface area contributed by atoms with Gasteiger partial charge in [-0.15, -0.1) is 0 Å². The van der Waals surface area contributed by atoms with Crippen molar-refractivity contribution < 1.29 is 13.6 Å². The SMILES string of the molecule is CCCCCCCCCCCCCCCCP(=O)(OCCCCCCCCCC)OCCCCCCCCCC. The highest BCUT2D eigenvalue weighted by molar-refractivity contribution is 7.53. The van der Waals surface area contributed by atoms with Gasteiger partial charge in [-0.05, 0) is 19.3 Å². The smallest absolute Gasteiger partial charge is 0.309 e. The quantitative estimate of drug-likeness (QED) is 0.0547. The van der Waals surface area contributed by atoms with E-state index in [4.69, 9.17) is 9.05 Å². The first-order valence-electron chi connectivity index (χ1n) is 18.6. The van der Waals surface area contributed by atoms with Crippen molar-refractivity contribution in [1.82, 2.24) is 0 Å². The van der Waals surface area contributed by atoms with E-state index in [1.807, 2.05) is 0 Å². The Kier molecular flexibility index (Phi) is 33.8. The highest BCUT2D eigenvalue weighted by Gasteiger charge is 2.23. The van der Waals surface area contributed by atoms with Gasteiger partial charge in [0, 0.05) is 0 Å². The zero-order valence-corrected chi connectivity index (χ0v) is 28.9. The molecular formula is C36H75O3P. The highest BCUT2D eigenvalue weighted by Crippen LogP contribution is 2.49. The molecule has 0 N–H and O–H groups in total. The molecule has 0 rings (SSSR count). The molecule has 242 valence electrons. The molecule has 3 nitrogen and oxygen atoms in total. The average molecular weight is 587 g/mol. The van der Waals surface area contributed by atoms with E-state index >= 15 is 0 Å². The predicted octanol–water partition coefficient (Wildman–Crippen LogP) is 14.0. The summed E-state index contributed by atoms with van der Waals surface area (Å²) in [5, 5.41) is 0. The Hall–Kier alpha value is 0.150. The van der Waals surface area contributed by atoms with Crippen LogP contribution in [0, 0.1) is 0 Å². The van der Waals surface area contributed by atoms with Crippen molar-refractivity contribution in [2.24, 2.45) is 0 Å². The van der Waals surface area contributed by atoms with Gasteiger partial charge in [0.05, 0.1) is 19.4 Å². The van der Waals surface area contributed by atoms with Gasteiger partial charge in [-0.2, -0.15) is 0 Å². The van der Waals surface area contributed by atoms with Crippen LogP contribution in [0.15, 0.2) is 0 Å². The Morgan fingerprint density at radius 2 is 0.550 bits per heavy atom. The molecule has 0 bridgehead atoms. The third-order valence-electron chi connectivity index (χ3n) is 8.36. The summed E-state index contributed by atoms with van der Waals surface area (Å²) in [7, 11) is -2.94. The summed E-state index contributed by atoms with van der Waals surface area (Å²) < 4.78 is 25.5. The second-order valence-corrected chi connectivity index (χ2v) is 14.7. The molecule has 0 heterocycles. The second kappa shape index (κ2) is 33.6. The molecule has 0 aliphatic rings. The van der Waals surface area contributed by atoms with Crippen LogP contribution in [-0.4, -0.2) is 19.4 Å². The fraction of sp³-hybridized carbons (Fsp3) is 1.00. The van der Waals surface area contributed by atoms with Crippen molar-refractivity contribution in [3.8, 4) is 0 Å². The Morgan fingerprint density at radius 3 is 0.825 bits per heavy atom. The van der Waals surface area contributed by atoms with Crippen LogP contribution in [0.4, 0.5) is 0 Å². The number of hydrogen-bond acceptors (Lipinski definition) is 3. The lowest BCUT2D eigenvalue weighted by atomic mass is 10.0. The van der Waals surface area contributed by atoms with E-state index in [0.29, 0.717) is 19.4 Å². The maximum Gasteiger partial charge on any atom is 0.330 e. The van der Waals surface area contributed by atoms with Gasteiger partial charge < -0.3 is 9.05 Å². The van der Waals surface area contributed by atoms with E-state index in [-0.39, 0.29) is 0 Å². The minimum atomic E-state index is -2.94. The van der Waals surface area contributed by atoms with Crippen LogP contribution >= 0.6 is 7.60 Å². The van der Waals surface area contributed by atoms with Gasteiger partial charge in [0.25, 0.3) is 0 Å². The molecular weight excluding hydrogens is 511 g/mol. The summed E-state index contributed by atoms with van der Waals surface area (Å²) in [5.41, 5.74) is 0. The zero-order valence-electron chi connectivity index (χ0n) is 28.0. The molecule has 0 saturated heterocycles. The van der Waals surface area contributed by atoms with E-state index in [0.717, 1.165) is 25.7 Å². The van der Waals surface area contributed by atoms with Crippen LogP contribution in [0.25, 0.3) is 0 Å². The summed E-state index contributed by atoms with van der Waals surface area (Å²) in [6.45, 7) is 8.03. The molecule has 4 heteroatoms. The van der Waals surface area contributed by atoms with E-state index in [1.165, 1.54) is 167 Å². The molecule has 0 amide bonds. The molecule has 0 unspecified atom stereocenters. The highest BCUT2D eigenvalue weighted by atomic mass is 31.2. The van der Waals surface area contributed by atoms with Gasteiger partial charge in [-0.3, -0.25) is 4.57 Å². The molecule has 0 aromatic carbocycles. The van der Waals surface area contributed by atoms with Crippen LogP contribution in [-0.2, 0) is 13.6 Å². The monoisotopic (exact) mass is 587 g/mol. The molecule has 0 aliphatic heterocycles. The molecule has 0 aromatic rings. The minimum Gasteiger partial charge on any atom is -0.309 e. The molecule has 0 fully saturated rings. The lowest BCUT2D eigenvalue weighted by Crippen LogP contribution is -2.04. The standard InChI is InChI=1S/C36H75O3P/c1-4-7-10-13-16-19-20-21-22-23-24-27-30-33-36-40(37,38-34-31-28-25-17-14-11-8-5-2)39-35-32-29-26-18-15-12-9-6-3/h4-36H2,1-3H3. The van der Waals surface area contributed by atoms with Crippen LogP contribution in [0.2, 0.25) is 0 Å². The molecule has 40 heavy (non-hydrogen) atoms. The third kappa shape index (κ3) is 31.1. The van der Waals surface area contributed by atoms with Gasteiger partial charge >= 0.3 is 7.60 Å². The van der Waals surface area contributed by atoms with Crippen LogP contribution in [0.3, 0.4) is 0 Å². The van der Waals surface area contributed by atoms with Gasteiger partial charge in [0.1, 0.15) is 0 Å². The first-order chi connectivity index (χ1) is 19.7. The van der Waals surface area contributed by atoms with E-state index in [1.54, 1.807) is 0 Å². The van der Waals surface area contributed by atoms with Gasteiger partial charge in [0.15, 0.2) is 0 Å². The van der Waals surface area contributed by atoms with Crippen molar-refractivity contribution in [2.45, 2.75) is 213 Å².